The van der Waals surface area contributed by atoms with E-state index in [2.05, 4.69) is 53.1 Å². The molecule has 4 rings (SSSR count). The minimum Gasteiger partial charge on any atom is -0.494 e. The largest absolute Gasteiger partial charge is 0.494 e. The quantitative estimate of drug-likeness (QED) is 0.391. The Kier molecular flexibility index (Phi) is 6.83. The molecule has 180 valence electrons. The summed E-state index contributed by atoms with van der Waals surface area (Å²) >= 11 is 0. The summed E-state index contributed by atoms with van der Waals surface area (Å²) in [6, 6.07) is 11.3. The number of tetrazole rings is 1. The molecule has 0 aliphatic rings. The summed E-state index contributed by atoms with van der Waals surface area (Å²) in [5, 5.41) is 13.5. The number of aromatic amines is 1. The second-order valence-corrected chi connectivity index (χ2v) is 9.33. The van der Waals surface area contributed by atoms with Crippen molar-refractivity contribution in [3.8, 4) is 5.75 Å². The molecule has 3 heterocycles. The molecule has 3 aromatic heterocycles. The molecule has 1 N–H and O–H groups in total. The zero-order valence-electron chi connectivity index (χ0n) is 20.4. The first-order valence-electron chi connectivity index (χ1n) is 11.6. The minimum atomic E-state index is -0.279. The van der Waals surface area contributed by atoms with Gasteiger partial charge in [-0.2, -0.15) is 0 Å². The summed E-state index contributed by atoms with van der Waals surface area (Å²) in [6.07, 6.45) is 2.42. The third-order valence-electron chi connectivity index (χ3n) is 5.77. The van der Waals surface area contributed by atoms with Crippen LogP contribution in [-0.4, -0.2) is 36.7 Å². The van der Waals surface area contributed by atoms with Gasteiger partial charge < -0.3 is 14.1 Å². The fourth-order valence-electron chi connectivity index (χ4n) is 4.19. The number of ether oxygens (including phenoxy) is 1. The van der Waals surface area contributed by atoms with Gasteiger partial charge in [0.05, 0.1) is 31.0 Å². The highest BCUT2D eigenvalue weighted by Gasteiger charge is 2.30. The highest BCUT2D eigenvalue weighted by Crippen LogP contribution is 2.29. The summed E-state index contributed by atoms with van der Waals surface area (Å²) in [7, 11) is 0. The molecule has 0 fully saturated rings. The number of nitrogens with one attached hydrogen (secondary N) is 1. The number of rotatable bonds is 9. The third-order valence-corrected chi connectivity index (χ3v) is 5.77. The molecule has 0 saturated heterocycles. The molecule has 0 bridgehead atoms. The van der Waals surface area contributed by atoms with Crippen LogP contribution in [0.3, 0.4) is 0 Å². The first-order valence-corrected chi connectivity index (χ1v) is 11.6. The van der Waals surface area contributed by atoms with Crippen LogP contribution in [0.25, 0.3) is 10.9 Å². The van der Waals surface area contributed by atoms with Crippen LogP contribution < -0.4 is 10.3 Å². The molecule has 1 aromatic carbocycles. The van der Waals surface area contributed by atoms with Crippen molar-refractivity contribution in [1.82, 2.24) is 30.1 Å². The summed E-state index contributed by atoms with van der Waals surface area (Å²) < 4.78 is 13.2. The van der Waals surface area contributed by atoms with Crippen LogP contribution in [0.2, 0.25) is 0 Å². The summed E-state index contributed by atoms with van der Waals surface area (Å²) in [5.41, 5.74) is 1.03. The van der Waals surface area contributed by atoms with Crippen LogP contribution in [0.5, 0.6) is 5.75 Å². The third kappa shape index (κ3) is 5.04. The predicted octanol–water partition coefficient (Wildman–Crippen LogP) is 4.41. The van der Waals surface area contributed by atoms with E-state index in [0.717, 1.165) is 34.7 Å². The van der Waals surface area contributed by atoms with E-state index in [1.54, 1.807) is 6.26 Å². The molecule has 9 heteroatoms. The molecule has 34 heavy (non-hydrogen) atoms. The predicted molar refractivity (Wildman–Crippen MR) is 130 cm³/mol. The van der Waals surface area contributed by atoms with Crippen molar-refractivity contribution in [2.45, 2.75) is 65.7 Å². The van der Waals surface area contributed by atoms with Gasteiger partial charge >= 0.3 is 0 Å². The van der Waals surface area contributed by atoms with Gasteiger partial charge in [-0.25, -0.2) is 4.68 Å². The zero-order valence-corrected chi connectivity index (χ0v) is 20.4. The minimum absolute atomic E-state index is 0.119. The number of hydrogen-bond acceptors (Lipinski definition) is 7. The van der Waals surface area contributed by atoms with Gasteiger partial charge in [0.15, 0.2) is 5.82 Å². The number of aromatic nitrogens is 5. The lowest BCUT2D eigenvalue weighted by Crippen LogP contribution is -2.35. The molecule has 0 aliphatic carbocycles. The van der Waals surface area contributed by atoms with Crippen LogP contribution in [0, 0.1) is 0 Å². The van der Waals surface area contributed by atoms with Gasteiger partial charge in [-0.1, -0.05) is 6.92 Å². The fourth-order valence-corrected chi connectivity index (χ4v) is 4.19. The summed E-state index contributed by atoms with van der Waals surface area (Å²) in [6.45, 7) is 11.8. The van der Waals surface area contributed by atoms with Crippen molar-refractivity contribution in [3.63, 3.8) is 0 Å². The van der Waals surface area contributed by atoms with Gasteiger partial charge in [0.25, 0.3) is 5.56 Å². The highest BCUT2D eigenvalue weighted by atomic mass is 16.5. The number of nitrogens with zero attached hydrogens (tertiary/aromatic N) is 5. The van der Waals surface area contributed by atoms with E-state index in [1.165, 1.54) is 0 Å². The molecule has 0 radical (unpaired) electrons. The number of pyridine rings is 1. The van der Waals surface area contributed by atoms with E-state index in [1.807, 2.05) is 48.0 Å². The normalized spacial score (nSPS) is 13.0. The monoisotopic (exact) mass is 464 g/mol. The van der Waals surface area contributed by atoms with E-state index in [-0.39, 0.29) is 17.1 Å². The molecular weight excluding hydrogens is 432 g/mol. The first kappa shape index (κ1) is 23.7. The Morgan fingerprint density at radius 2 is 2.00 bits per heavy atom. The average Bonchev–Trinajstić information content (AvgIpc) is 3.47. The lowest BCUT2D eigenvalue weighted by Gasteiger charge is -2.31. The number of furan rings is 1. The van der Waals surface area contributed by atoms with Gasteiger partial charge in [-0.3, -0.25) is 9.69 Å². The van der Waals surface area contributed by atoms with Gasteiger partial charge in [0, 0.05) is 23.0 Å². The van der Waals surface area contributed by atoms with E-state index in [0.29, 0.717) is 25.3 Å². The Morgan fingerprint density at radius 3 is 2.68 bits per heavy atom. The van der Waals surface area contributed by atoms with E-state index in [9.17, 15) is 4.79 Å². The zero-order chi connectivity index (χ0) is 24.3. The van der Waals surface area contributed by atoms with Gasteiger partial charge in [0.1, 0.15) is 11.5 Å². The molecule has 0 spiro atoms. The lowest BCUT2D eigenvalue weighted by molar-refractivity contribution is 0.142. The van der Waals surface area contributed by atoms with Crippen molar-refractivity contribution in [3.05, 3.63) is 70.2 Å². The Labute approximate surface area is 198 Å². The lowest BCUT2D eigenvalue weighted by atomic mass is 10.1. The van der Waals surface area contributed by atoms with Crippen molar-refractivity contribution in [1.29, 1.82) is 0 Å². The molecule has 1 atom stereocenters. The standard InChI is InChI=1S/C25H32N6O3/c1-6-22(23-27-28-29-31(23)25(3,4)5)30(16-20-9-8-12-34-20)15-18-13-17-14-19(33-7-2)10-11-21(17)26-24(18)32/h8-14,22H,6-7,15-16H2,1-5H3,(H,26,32). The maximum Gasteiger partial charge on any atom is 0.252 e. The molecule has 0 amide bonds. The smallest absolute Gasteiger partial charge is 0.252 e. The molecular formula is C25H32N6O3. The summed E-state index contributed by atoms with van der Waals surface area (Å²) in [4.78, 5) is 18.2. The van der Waals surface area contributed by atoms with Gasteiger partial charge in [0.2, 0.25) is 0 Å². The second-order valence-electron chi connectivity index (χ2n) is 9.33. The van der Waals surface area contributed by atoms with Gasteiger partial charge in [-0.15, -0.1) is 5.10 Å². The Balaban J connectivity index is 1.74. The van der Waals surface area contributed by atoms with Crippen LogP contribution in [0.4, 0.5) is 0 Å². The average molecular weight is 465 g/mol. The molecule has 0 saturated carbocycles. The Hall–Kier alpha value is -3.46. The van der Waals surface area contributed by atoms with E-state index in [4.69, 9.17) is 9.15 Å². The van der Waals surface area contributed by atoms with Crippen LogP contribution in [-0.2, 0) is 18.6 Å². The molecule has 1 unspecified atom stereocenters. The number of fused-ring (bicyclic) bond motifs is 1. The van der Waals surface area contributed by atoms with Crippen LogP contribution in [0.1, 0.15) is 64.2 Å². The second kappa shape index (κ2) is 9.80. The fraction of sp³-hybridized carbons (Fsp3) is 0.440. The van der Waals surface area contributed by atoms with E-state index >= 15 is 0 Å². The molecule has 4 aromatic rings. The van der Waals surface area contributed by atoms with Crippen molar-refractivity contribution < 1.29 is 9.15 Å². The topological polar surface area (TPSA) is 102 Å². The number of H-pyrrole nitrogens is 1. The van der Waals surface area contributed by atoms with Gasteiger partial charge in [-0.05, 0) is 80.9 Å². The highest BCUT2D eigenvalue weighted by molar-refractivity contribution is 5.80. The summed E-state index contributed by atoms with van der Waals surface area (Å²) in [5.74, 6) is 2.35. The first-order chi connectivity index (χ1) is 16.3. The maximum atomic E-state index is 13.0. The maximum absolute atomic E-state index is 13.0. The van der Waals surface area contributed by atoms with Crippen molar-refractivity contribution in [2.24, 2.45) is 0 Å². The van der Waals surface area contributed by atoms with Crippen LogP contribution >= 0.6 is 0 Å². The van der Waals surface area contributed by atoms with Crippen molar-refractivity contribution >= 4 is 10.9 Å². The SMILES string of the molecule is CCOc1ccc2[nH]c(=O)c(CN(Cc3ccco3)C(CC)c3nnnn3C(C)(C)C)cc2c1. The van der Waals surface area contributed by atoms with Crippen molar-refractivity contribution in [2.75, 3.05) is 6.61 Å². The molecule has 9 nitrogen and oxygen atoms in total. The molecule has 0 aliphatic heterocycles. The number of benzene rings is 1. The van der Waals surface area contributed by atoms with E-state index < -0.39 is 0 Å². The number of hydrogen-bond donors (Lipinski definition) is 1. The van der Waals surface area contributed by atoms with Crippen LogP contribution in [0.15, 0.2) is 51.9 Å². The Morgan fingerprint density at radius 1 is 1.18 bits per heavy atom. The Bertz CT molecular complexity index is 1290.